The van der Waals surface area contributed by atoms with Crippen molar-refractivity contribution >= 4 is 31.6 Å². The third-order valence-electron chi connectivity index (χ3n) is 4.76. The van der Waals surface area contributed by atoms with Crippen molar-refractivity contribution in [3.8, 4) is 0 Å². The van der Waals surface area contributed by atoms with Gasteiger partial charge in [0.05, 0.1) is 16.9 Å². The first-order valence-electron chi connectivity index (χ1n) is 8.66. The van der Waals surface area contributed by atoms with Crippen molar-refractivity contribution in [3.63, 3.8) is 0 Å². The lowest BCUT2D eigenvalue weighted by Crippen LogP contribution is -2.28. The van der Waals surface area contributed by atoms with Gasteiger partial charge in [0.2, 0.25) is 10.0 Å². The molecule has 1 aliphatic heterocycles. The van der Waals surface area contributed by atoms with Crippen LogP contribution in [0, 0.1) is 11.8 Å². The molecule has 0 radical (unpaired) electrons. The highest BCUT2D eigenvalue weighted by Crippen LogP contribution is 2.33. The molecule has 0 amide bonds. The Morgan fingerprint density at radius 1 is 0.889 bits per heavy atom. The summed E-state index contributed by atoms with van der Waals surface area (Å²) >= 11 is 1.64. The molecule has 0 aromatic heterocycles. The molecule has 0 bridgehead atoms. The summed E-state index contributed by atoms with van der Waals surface area (Å²) in [7, 11) is -6.80. The predicted octanol–water partition coefficient (Wildman–Crippen LogP) is 2.76. The van der Waals surface area contributed by atoms with Gasteiger partial charge in [-0.15, -0.1) is 11.8 Å². The normalized spacial score (nSPS) is 21.4. The quantitative estimate of drug-likeness (QED) is 0.638. The summed E-state index contributed by atoms with van der Waals surface area (Å²) in [5, 5.41) is 0. The van der Waals surface area contributed by atoms with Gasteiger partial charge in [0, 0.05) is 23.7 Å². The molecule has 146 valence electrons. The van der Waals surface area contributed by atoms with Crippen LogP contribution >= 0.6 is 11.8 Å². The molecule has 5 nitrogen and oxygen atoms in total. The maximum Gasteiger partial charge on any atom is 0.211 e. The van der Waals surface area contributed by atoms with Gasteiger partial charge in [0.25, 0.3) is 0 Å². The molecule has 8 heteroatoms. The number of sulfonamides is 1. The maximum absolute atomic E-state index is 12.8. The summed E-state index contributed by atoms with van der Waals surface area (Å²) < 4.78 is 51.0. The van der Waals surface area contributed by atoms with Gasteiger partial charge in [-0.3, -0.25) is 0 Å². The molecule has 1 saturated heterocycles. The van der Waals surface area contributed by atoms with E-state index in [2.05, 4.69) is 0 Å². The second-order valence-corrected chi connectivity index (χ2v) is 11.9. The molecule has 1 fully saturated rings. The molecule has 27 heavy (non-hydrogen) atoms. The summed E-state index contributed by atoms with van der Waals surface area (Å²) in [6.45, 7) is 0.624. The number of rotatable bonds is 7. The second kappa shape index (κ2) is 8.34. The Hall–Kier alpha value is -1.35. The lowest BCUT2D eigenvalue weighted by atomic mass is 10.0. The van der Waals surface area contributed by atoms with Crippen molar-refractivity contribution in [3.05, 3.63) is 60.7 Å². The van der Waals surface area contributed by atoms with Gasteiger partial charge in [-0.25, -0.2) is 21.1 Å². The summed E-state index contributed by atoms with van der Waals surface area (Å²) in [5.41, 5.74) is 0. The van der Waals surface area contributed by atoms with Gasteiger partial charge in [0.15, 0.2) is 9.84 Å². The molecule has 1 aliphatic rings. The number of benzene rings is 2. The first kappa shape index (κ1) is 20.4. The lowest BCUT2D eigenvalue weighted by molar-refractivity contribution is 0.468. The van der Waals surface area contributed by atoms with Crippen LogP contribution in [0.4, 0.5) is 0 Å². The van der Waals surface area contributed by atoms with E-state index in [0.717, 1.165) is 4.90 Å². The Morgan fingerprint density at radius 2 is 1.44 bits per heavy atom. The number of nitrogens with zero attached hydrogens (tertiary/aromatic N) is 1. The molecule has 3 rings (SSSR count). The monoisotopic (exact) mass is 425 g/mol. The smallest absolute Gasteiger partial charge is 0.211 e. The van der Waals surface area contributed by atoms with Crippen LogP contribution in [-0.4, -0.2) is 52.0 Å². The molecule has 0 N–H and O–H groups in total. The highest BCUT2D eigenvalue weighted by atomic mass is 32.2. The highest BCUT2D eigenvalue weighted by molar-refractivity contribution is 7.99. The predicted molar refractivity (Wildman–Crippen MR) is 109 cm³/mol. The second-order valence-electron chi connectivity index (χ2n) is 6.82. The molecule has 2 atom stereocenters. The van der Waals surface area contributed by atoms with Crippen LogP contribution < -0.4 is 0 Å². The zero-order chi connectivity index (χ0) is 19.5. The van der Waals surface area contributed by atoms with E-state index in [0.29, 0.717) is 12.3 Å². The van der Waals surface area contributed by atoms with Crippen molar-refractivity contribution in [1.82, 2.24) is 4.31 Å². The van der Waals surface area contributed by atoms with Gasteiger partial charge >= 0.3 is 0 Å². The zero-order valence-corrected chi connectivity index (χ0v) is 17.5. The fourth-order valence-electron chi connectivity index (χ4n) is 3.27. The fraction of sp³-hybridized carbons (Fsp3) is 0.368. The molecule has 2 aromatic carbocycles. The van der Waals surface area contributed by atoms with E-state index in [9.17, 15) is 16.8 Å². The number of hydrogen-bond acceptors (Lipinski definition) is 5. The third kappa shape index (κ3) is 5.34. The summed E-state index contributed by atoms with van der Waals surface area (Å²) in [5.74, 6) is 0.415. The maximum atomic E-state index is 12.8. The minimum atomic E-state index is -3.46. The van der Waals surface area contributed by atoms with E-state index < -0.39 is 19.9 Å². The van der Waals surface area contributed by atoms with E-state index in [-0.39, 0.29) is 29.0 Å². The van der Waals surface area contributed by atoms with Gasteiger partial charge in [-0.2, -0.15) is 0 Å². The van der Waals surface area contributed by atoms with E-state index >= 15 is 0 Å². The van der Waals surface area contributed by atoms with Crippen LogP contribution in [-0.2, 0) is 19.9 Å². The Labute approximate surface area is 165 Å². The average Bonchev–Trinajstić information content (AvgIpc) is 3.04. The first-order valence-corrected chi connectivity index (χ1v) is 13.1. The molecular formula is C19H23NO4S3. The van der Waals surface area contributed by atoms with Crippen LogP contribution in [0.1, 0.15) is 0 Å². The van der Waals surface area contributed by atoms with Crippen LogP contribution in [0.25, 0.3) is 0 Å². The molecule has 2 aromatic rings. The molecule has 0 saturated carbocycles. The van der Waals surface area contributed by atoms with Gasteiger partial charge in [0.1, 0.15) is 0 Å². The zero-order valence-electron chi connectivity index (χ0n) is 15.1. The van der Waals surface area contributed by atoms with E-state index in [1.54, 1.807) is 42.1 Å². The minimum absolute atomic E-state index is 0.0107. The van der Waals surface area contributed by atoms with Crippen molar-refractivity contribution in [2.24, 2.45) is 11.8 Å². The molecule has 0 unspecified atom stereocenters. The molecule has 0 spiro atoms. The third-order valence-corrected chi connectivity index (χ3v) is 9.05. The topological polar surface area (TPSA) is 71.5 Å². The Bertz CT molecular complexity index is 961. The SMILES string of the molecule is CS(=O)(=O)N1C[C@@H](CSc2ccccc2)[C@@H](CS(=O)(=O)c2ccccc2)C1. The summed E-state index contributed by atoms with van der Waals surface area (Å²) in [6.07, 6.45) is 1.18. The Kier molecular flexibility index (Phi) is 6.30. The van der Waals surface area contributed by atoms with E-state index in [1.165, 1.54) is 10.6 Å². The highest BCUT2D eigenvalue weighted by Gasteiger charge is 2.39. The number of hydrogen-bond donors (Lipinski definition) is 0. The van der Waals surface area contributed by atoms with Gasteiger partial charge in [-0.05, 0) is 36.1 Å². The van der Waals surface area contributed by atoms with Crippen molar-refractivity contribution in [2.45, 2.75) is 9.79 Å². The van der Waals surface area contributed by atoms with Gasteiger partial charge in [-0.1, -0.05) is 36.4 Å². The molecule has 0 aliphatic carbocycles. The largest absolute Gasteiger partial charge is 0.224 e. The van der Waals surface area contributed by atoms with Crippen LogP contribution in [0.2, 0.25) is 0 Å². The van der Waals surface area contributed by atoms with Gasteiger partial charge < -0.3 is 0 Å². The first-order chi connectivity index (χ1) is 12.8. The molecular weight excluding hydrogens is 402 g/mol. The Balaban J connectivity index is 1.77. The van der Waals surface area contributed by atoms with Crippen molar-refractivity contribution < 1.29 is 16.8 Å². The fourth-order valence-corrected chi connectivity index (χ4v) is 7.03. The average molecular weight is 426 g/mol. The summed E-state index contributed by atoms with van der Waals surface area (Å²) in [6, 6.07) is 18.2. The van der Waals surface area contributed by atoms with Crippen molar-refractivity contribution in [1.29, 1.82) is 0 Å². The summed E-state index contributed by atoms with van der Waals surface area (Å²) in [4.78, 5) is 1.39. The van der Waals surface area contributed by atoms with E-state index in [1.807, 2.05) is 30.3 Å². The number of sulfone groups is 1. The minimum Gasteiger partial charge on any atom is -0.224 e. The van der Waals surface area contributed by atoms with Crippen LogP contribution in [0.15, 0.2) is 70.5 Å². The Morgan fingerprint density at radius 3 is 2.04 bits per heavy atom. The number of thioether (sulfide) groups is 1. The van der Waals surface area contributed by atoms with E-state index in [4.69, 9.17) is 0 Å². The van der Waals surface area contributed by atoms with Crippen LogP contribution in [0.5, 0.6) is 0 Å². The molecule has 1 heterocycles. The lowest BCUT2D eigenvalue weighted by Gasteiger charge is -2.18. The standard InChI is InChI=1S/C19H23NO4S3/c1-26(21,22)20-12-16(14-25-18-8-4-2-5-9-18)17(13-20)15-27(23,24)19-10-6-3-7-11-19/h2-11,16-17H,12-15H2,1H3/t16-,17+/m0/s1. The van der Waals surface area contributed by atoms with Crippen LogP contribution in [0.3, 0.4) is 0 Å². The van der Waals surface area contributed by atoms with Crippen molar-refractivity contribution in [2.75, 3.05) is 30.9 Å².